The maximum Gasteiger partial charge on any atom is 0.226 e. The first-order valence-electron chi connectivity index (χ1n) is 5.05. The Morgan fingerprint density at radius 1 is 1.43 bits per heavy atom. The number of nitrogens with zero attached hydrogens (tertiary/aromatic N) is 2. The lowest BCUT2D eigenvalue weighted by molar-refractivity contribution is -0.134. The van der Waals surface area contributed by atoms with Crippen LogP contribution in [0.2, 0.25) is 0 Å². The molecule has 1 fully saturated rings. The van der Waals surface area contributed by atoms with Crippen molar-refractivity contribution in [3.8, 4) is 0 Å². The Morgan fingerprint density at radius 2 is 2.14 bits per heavy atom. The average molecular weight is 198 g/mol. The van der Waals surface area contributed by atoms with Crippen LogP contribution >= 0.6 is 0 Å². The van der Waals surface area contributed by atoms with Gasteiger partial charge in [-0.05, 0) is 12.8 Å². The van der Waals surface area contributed by atoms with Crippen LogP contribution in [-0.4, -0.2) is 49.3 Å². The number of likely N-dealkylation sites (tertiary alicyclic amines) is 1. The molecule has 1 aliphatic heterocycles. The molecule has 1 saturated heterocycles. The molecule has 2 amide bonds. The number of hydrogen-bond acceptors (Lipinski definition) is 2. The zero-order chi connectivity index (χ0) is 10.6. The van der Waals surface area contributed by atoms with Gasteiger partial charge in [0.15, 0.2) is 0 Å². The van der Waals surface area contributed by atoms with E-state index >= 15 is 0 Å². The van der Waals surface area contributed by atoms with Crippen LogP contribution in [0.15, 0.2) is 0 Å². The number of rotatable bonds is 2. The SMILES string of the molecule is CN(C)C(=O)C1CCCCN(C=O)C1. The molecule has 0 N–H and O–H groups in total. The summed E-state index contributed by atoms with van der Waals surface area (Å²) in [5, 5.41) is 0. The van der Waals surface area contributed by atoms with Gasteiger partial charge in [-0.15, -0.1) is 0 Å². The lowest BCUT2D eigenvalue weighted by Crippen LogP contribution is -2.36. The molecule has 0 aliphatic carbocycles. The van der Waals surface area contributed by atoms with Crippen LogP contribution in [0, 0.1) is 5.92 Å². The van der Waals surface area contributed by atoms with E-state index in [1.165, 1.54) is 0 Å². The lowest BCUT2D eigenvalue weighted by atomic mass is 10.0. The van der Waals surface area contributed by atoms with Gasteiger partial charge >= 0.3 is 0 Å². The van der Waals surface area contributed by atoms with Crippen LogP contribution in [0.5, 0.6) is 0 Å². The van der Waals surface area contributed by atoms with Crippen molar-refractivity contribution in [2.24, 2.45) is 5.92 Å². The van der Waals surface area contributed by atoms with Gasteiger partial charge in [-0.2, -0.15) is 0 Å². The Morgan fingerprint density at radius 3 is 2.71 bits per heavy atom. The van der Waals surface area contributed by atoms with Gasteiger partial charge in [0.2, 0.25) is 12.3 Å². The normalized spacial score (nSPS) is 22.7. The highest BCUT2D eigenvalue weighted by Crippen LogP contribution is 2.16. The molecule has 1 heterocycles. The number of hydrogen-bond donors (Lipinski definition) is 0. The van der Waals surface area contributed by atoms with Crippen LogP contribution in [0.3, 0.4) is 0 Å². The lowest BCUT2D eigenvalue weighted by Gasteiger charge is -2.22. The van der Waals surface area contributed by atoms with E-state index in [1.54, 1.807) is 23.9 Å². The molecule has 0 spiro atoms. The summed E-state index contributed by atoms with van der Waals surface area (Å²) in [6, 6.07) is 0. The van der Waals surface area contributed by atoms with Crippen LogP contribution in [-0.2, 0) is 9.59 Å². The van der Waals surface area contributed by atoms with Crippen LogP contribution < -0.4 is 0 Å². The average Bonchev–Trinajstić information content (AvgIpc) is 2.41. The zero-order valence-corrected chi connectivity index (χ0v) is 8.90. The van der Waals surface area contributed by atoms with Gasteiger partial charge < -0.3 is 9.80 Å². The monoisotopic (exact) mass is 198 g/mol. The van der Waals surface area contributed by atoms with Gasteiger partial charge in [0.05, 0.1) is 5.92 Å². The summed E-state index contributed by atoms with van der Waals surface area (Å²) in [4.78, 5) is 25.7. The Hall–Kier alpha value is -1.06. The van der Waals surface area contributed by atoms with E-state index in [0.29, 0.717) is 6.54 Å². The standard InChI is InChI=1S/C10H18N2O2/c1-11(2)10(14)9-5-3-4-6-12(7-9)8-13/h8-9H,3-7H2,1-2H3. The van der Waals surface area contributed by atoms with Crippen LogP contribution in [0.25, 0.3) is 0 Å². The number of carbonyl (C=O) groups excluding carboxylic acids is 2. The minimum atomic E-state index is -0.00213. The molecular weight excluding hydrogens is 180 g/mol. The largest absolute Gasteiger partial charge is 0.349 e. The molecule has 80 valence electrons. The first-order valence-corrected chi connectivity index (χ1v) is 5.05. The third-order valence-corrected chi connectivity index (χ3v) is 2.64. The first kappa shape index (κ1) is 11.0. The summed E-state index contributed by atoms with van der Waals surface area (Å²) in [5.41, 5.74) is 0. The molecule has 4 heteroatoms. The summed E-state index contributed by atoms with van der Waals surface area (Å²) in [7, 11) is 3.52. The quantitative estimate of drug-likeness (QED) is 0.600. The first-order chi connectivity index (χ1) is 6.65. The summed E-state index contributed by atoms with van der Waals surface area (Å²) in [6.07, 6.45) is 3.80. The predicted octanol–water partition coefficient (Wildman–Crippen LogP) is 0.333. The van der Waals surface area contributed by atoms with E-state index < -0.39 is 0 Å². The second kappa shape index (κ2) is 4.98. The highest BCUT2D eigenvalue weighted by molar-refractivity contribution is 5.78. The molecule has 0 radical (unpaired) electrons. The fourth-order valence-corrected chi connectivity index (χ4v) is 1.83. The smallest absolute Gasteiger partial charge is 0.226 e. The predicted molar refractivity (Wildman–Crippen MR) is 53.7 cm³/mol. The van der Waals surface area contributed by atoms with E-state index in [9.17, 15) is 9.59 Å². The van der Waals surface area contributed by atoms with Crippen molar-refractivity contribution in [3.05, 3.63) is 0 Å². The number of amides is 2. The Kier molecular flexibility index (Phi) is 3.92. The molecule has 0 saturated carbocycles. The van der Waals surface area contributed by atoms with Crippen LogP contribution in [0.1, 0.15) is 19.3 Å². The Balaban J connectivity index is 2.58. The topological polar surface area (TPSA) is 40.6 Å². The van der Waals surface area contributed by atoms with Gasteiger partial charge in [-0.3, -0.25) is 9.59 Å². The van der Waals surface area contributed by atoms with Crippen molar-refractivity contribution < 1.29 is 9.59 Å². The van der Waals surface area contributed by atoms with E-state index in [2.05, 4.69) is 0 Å². The van der Waals surface area contributed by atoms with Gasteiger partial charge in [0.25, 0.3) is 0 Å². The second-order valence-corrected chi connectivity index (χ2v) is 4.03. The summed E-state index contributed by atoms with van der Waals surface area (Å²) < 4.78 is 0. The van der Waals surface area contributed by atoms with Crippen LogP contribution in [0.4, 0.5) is 0 Å². The Labute approximate surface area is 84.9 Å². The van der Waals surface area contributed by atoms with E-state index in [1.807, 2.05) is 0 Å². The molecule has 14 heavy (non-hydrogen) atoms. The van der Waals surface area contributed by atoms with Gasteiger partial charge in [-0.1, -0.05) is 6.42 Å². The number of carbonyl (C=O) groups is 2. The van der Waals surface area contributed by atoms with Crippen molar-refractivity contribution in [3.63, 3.8) is 0 Å². The fourth-order valence-electron chi connectivity index (χ4n) is 1.83. The maximum atomic E-state index is 11.7. The van der Waals surface area contributed by atoms with E-state index in [0.717, 1.165) is 32.2 Å². The van der Waals surface area contributed by atoms with E-state index in [4.69, 9.17) is 0 Å². The van der Waals surface area contributed by atoms with Crippen molar-refractivity contribution >= 4 is 12.3 Å². The molecule has 0 aromatic rings. The summed E-state index contributed by atoms with van der Waals surface area (Å²) in [5.74, 6) is 0.136. The third-order valence-electron chi connectivity index (χ3n) is 2.64. The molecule has 0 aromatic carbocycles. The Bertz CT molecular complexity index is 216. The minimum Gasteiger partial charge on any atom is -0.349 e. The maximum absolute atomic E-state index is 11.7. The van der Waals surface area contributed by atoms with E-state index in [-0.39, 0.29) is 11.8 Å². The van der Waals surface area contributed by atoms with Crippen molar-refractivity contribution in [1.82, 2.24) is 9.80 Å². The highest BCUT2D eigenvalue weighted by atomic mass is 16.2. The molecule has 4 nitrogen and oxygen atoms in total. The minimum absolute atomic E-state index is 0.00213. The zero-order valence-electron chi connectivity index (χ0n) is 8.90. The molecule has 1 aliphatic rings. The molecule has 1 rings (SSSR count). The molecule has 1 atom stereocenters. The van der Waals surface area contributed by atoms with Gasteiger partial charge in [0, 0.05) is 27.2 Å². The molecule has 0 aromatic heterocycles. The molecular formula is C10H18N2O2. The molecule has 0 bridgehead atoms. The summed E-state index contributed by atoms with van der Waals surface area (Å²) in [6.45, 7) is 1.38. The molecule has 1 unspecified atom stereocenters. The second-order valence-electron chi connectivity index (χ2n) is 4.03. The van der Waals surface area contributed by atoms with Gasteiger partial charge in [0.1, 0.15) is 0 Å². The highest BCUT2D eigenvalue weighted by Gasteiger charge is 2.24. The summed E-state index contributed by atoms with van der Waals surface area (Å²) >= 11 is 0. The van der Waals surface area contributed by atoms with Crippen molar-refractivity contribution in [2.75, 3.05) is 27.2 Å². The van der Waals surface area contributed by atoms with Crippen molar-refractivity contribution in [2.45, 2.75) is 19.3 Å². The third kappa shape index (κ3) is 2.72. The fraction of sp³-hybridized carbons (Fsp3) is 0.800. The van der Waals surface area contributed by atoms with Crippen molar-refractivity contribution in [1.29, 1.82) is 0 Å². The van der Waals surface area contributed by atoms with Gasteiger partial charge in [-0.25, -0.2) is 0 Å².